The zero-order valence-electron chi connectivity index (χ0n) is 18.4. The molecule has 4 atom stereocenters. The highest BCUT2D eigenvalue weighted by Crippen LogP contribution is 2.55. The second-order valence-corrected chi connectivity index (χ2v) is 9.48. The zero-order valence-corrected chi connectivity index (χ0v) is 18.4. The van der Waals surface area contributed by atoms with Crippen LogP contribution in [0.2, 0.25) is 0 Å². The smallest absolute Gasteiger partial charge is 0.220 e. The molecule has 0 spiro atoms. The maximum atomic E-state index is 13.7. The number of pyridine rings is 1. The van der Waals surface area contributed by atoms with Gasteiger partial charge in [-0.05, 0) is 97.9 Å². The number of aromatic nitrogens is 1. The molecule has 1 N–H and O–H groups in total. The van der Waals surface area contributed by atoms with Crippen molar-refractivity contribution in [1.82, 2.24) is 10.3 Å². The third kappa shape index (κ3) is 6.38. The number of halogens is 1. The second-order valence-electron chi connectivity index (χ2n) is 9.48. The normalized spacial score (nSPS) is 25.2. The molecule has 2 saturated carbocycles. The average Bonchev–Trinajstić information content (AvgIpc) is 3.58. The van der Waals surface area contributed by atoms with E-state index >= 15 is 0 Å². The number of hydrogen-bond acceptors (Lipinski definition) is 2. The van der Waals surface area contributed by atoms with Crippen molar-refractivity contribution in [2.24, 2.45) is 17.8 Å². The number of benzene rings is 1. The number of carbonyl (C=O) groups is 1. The summed E-state index contributed by atoms with van der Waals surface area (Å²) < 4.78 is 13.7. The molecule has 2 aliphatic rings. The predicted octanol–water partition coefficient (Wildman–Crippen LogP) is 6.05. The Labute approximate surface area is 185 Å². The number of nitrogens with one attached hydrogen (secondary N) is 1. The topological polar surface area (TPSA) is 42.0 Å². The summed E-state index contributed by atoms with van der Waals surface area (Å²) in [6.45, 7) is 0.761. The minimum absolute atomic E-state index is 0.119. The van der Waals surface area contributed by atoms with E-state index in [4.69, 9.17) is 0 Å². The minimum Gasteiger partial charge on any atom is -0.356 e. The molecule has 0 bridgehead atoms. The Bertz CT molecular complexity index is 840. The number of amides is 1. The molecule has 166 valence electrons. The Morgan fingerprint density at radius 3 is 2.84 bits per heavy atom. The van der Waals surface area contributed by atoms with Crippen molar-refractivity contribution in [2.45, 2.75) is 70.1 Å². The van der Waals surface area contributed by atoms with Crippen LogP contribution in [0.3, 0.4) is 0 Å². The predicted molar refractivity (Wildman–Crippen MR) is 122 cm³/mol. The third-order valence-electron chi connectivity index (χ3n) is 7.30. The van der Waals surface area contributed by atoms with E-state index in [0.29, 0.717) is 24.2 Å². The van der Waals surface area contributed by atoms with E-state index in [1.54, 1.807) is 18.3 Å². The summed E-state index contributed by atoms with van der Waals surface area (Å²) in [5.74, 6) is 2.63. The SMILES string of the molecule is O=C(CCC1CC1C1CCCCC1c1cccc(F)c1)NCCCCc1cccnc1. The molecule has 3 nitrogen and oxygen atoms in total. The fourth-order valence-corrected chi connectivity index (χ4v) is 5.58. The van der Waals surface area contributed by atoms with E-state index in [1.165, 1.54) is 43.2 Å². The van der Waals surface area contributed by atoms with Gasteiger partial charge in [0.05, 0.1) is 0 Å². The monoisotopic (exact) mass is 422 g/mol. The summed E-state index contributed by atoms with van der Waals surface area (Å²) in [6, 6.07) is 11.3. The van der Waals surface area contributed by atoms with E-state index in [9.17, 15) is 9.18 Å². The van der Waals surface area contributed by atoms with Crippen LogP contribution in [0.5, 0.6) is 0 Å². The van der Waals surface area contributed by atoms with Gasteiger partial charge in [-0.2, -0.15) is 0 Å². The first-order valence-electron chi connectivity index (χ1n) is 12.1. The molecule has 0 aliphatic heterocycles. The Morgan fingerprint density at radius 1 is 1.10 bits per heavy atom. The van der Waals surface area contributed by atoms with E-state index in [2.05, 4.69) is 22.4 Å². The molecular formula is C27H35FN2O. The molecule has 1 amide bonds. The van der Waals surface area contributed by atoms with Crippen LogP contribution in [0.1, 0.15) is 74.8 Å². The van der Waals surface area contributed by atoms with Crippen molar-refractivity contribution in [1.29, 1.82) is 0 Å². The van der Waals surface area contributed by atoms with Gasteiger partial charge in [0.2, 0.25) is 5.91 Å². The lowest BCUT2D eigenvalue weighted by atomic mass is 9.72. The largest absolute Gasteiger partial charge is 0.356 e. The van der Waals surface area contributed by atoms with Crippen molar-refractivity contribution in [3.05, 3.63) is 65.7 Å². The van der Waals surface area contributed by atoms with Crippen molar-refractivity contribution in [3.8, 4) is 0 Å². The molecule has 1 aromatic carbocycles. The highest BCUT2D eigenvalue weighted by atomic mass is 19.1. The standard InChI is InChI=1S/C27H35FN2O/c28-23-10-5-9-21(17-23)24-11-1-2-12-25(24)26-18-22(26)13-14-27(31)30-16-4-3-7-20-8-6-15-29-19-20/h5-6,8-10,15,17,19,22,24-26H,1-4,7,11-14,16,18H2,(H,30,31). The van der Waals surface area contributed by atoms with Gasteiger partial charge in [-0.3, -0.25) is 9.78 Å². The van der Waals surface area contributed by atoms with Crippen LogP contribution in [0, 0.1) is 23.6 Å². The number of aryl methyl sites for hydroxylation is 1. The Hall–Kier alpha value is -2.23. The van der Waals surface area contributed by atoms with Gasteiger partial charge < -0.3 is 5.32 Å². The van der Waals surface area contributed by atoms with Crippen molar-refractivity contribution in [2.75, 3.05) is 6.54 Å². The molecule has 31 heavy (non-hydrogen) atoms. The Morgan fingerprint density at radius 2 is 2.00 bits per heavy atom. The summed E-state index contributed by atoms with van der Waals surface area (Å²) in [5, 5.41) is 3.09. The van der Waals surface area contributed by atoms with Gasteiger partial charge in [0.25, 0.3) is 0 Å². The molecular weight excluding hydrogens is 387 g/mol. The minimum atomic E-state index is -0.119. The molecule has 2 aliphatic carbocycles. The quantitative estimate of drug-likeness (QED) is 0.474. The van der Waals surface area contributed by atoms with Gasteiger partial charge >= 0.3 is 0 Å². The van der Waals surface area contributed by atoms with E-state index in [1.807, 2.05) is 18.3 Å². The lowest BCUT2D eigenvalue weighted by Crippen LogP contribution is -2.24. The van der Waals surface area contributed by atoms with Crippen LogP contribution in [-0.4, -0.2) is 17.4 Å². The fraction of sp³-hybridized carbons (Fsp3) is 0.556. The van der Waals surface area contributed by atoms with E-state index < -0.39 is 0 Å². The molecule has 4 heteroatoms. The fourth-order valence-electron chi connectivity index (χ4n) is 5.58. The maximum Gasteiger partial charge on any atom is 0.220 e. The summed E-state index contributed by atoms with van der Waals surface area (Å²) >= 11 is 0. The number of nitrogens with zero attached hydrogens (tertiary/aromatic N) is 1. The van der Waals surface area contributed by atoms with Crippen LogP contribution < -0.4 is 5.32 Å². The van der Waals surface area contributed by atoms with Gasteiger partial charge in [-0.25, -0.2) is 4.39 Å². The van der Waals surface area contributed by atoms with E-state index in [0.717, 1.165) is 38.1 Å². The Balaban J connectivity index is 1.14. The third-order valence-corrected chi connectivity index (χ3v) is 7.30. The summed E-state index contributed by atoms with van der Waals surface area (Å²) in [4.78, 5) is 16.4. The molecule has 0 saturated heterocycles. The first-order valence-corrected chi connectivity index (χ1v) is 12.1. The Kier molecular flexibility index (Phi) is 7.71. The van der Waals surface area contributed by atoms with Crippen LogP contribution in [0.25, 0.3) is 0 Å². The highest BCUT2D eigenvalue weighted by Gasteiger charge is 2.46. The lowest BCUT2D eigenvalue weighted by molar-refractivity contribution is -0.121. The maximum absolute atomic E-state index is 13.7. The van der Waals surface area contributed by atoms with Crippen molar-refractivity contribution < 1.29 is 9.18 Å². The summed E-state index contributed by atoms with van der Waals surface area (Å²) in [6.07, 6.45) is 14.7. The first kappa shape index (κ1) is 22.0. The number of rotatable bonds is 10. The molecule has 4 unspecified atom stereocenters. The van der Waals surface area contributed by atoms with Crippen LogP contribution in [0.4, 0.5) is 4.39 Å². The summed E-state index contributed by atoms with van der Waals surface area (Å²) in [7, 11) is 0. The van der Waals surface area contributed by atoms with Gasteiger partial charge in [0, 0.05) is 25.4 Å². The average molecular weight is 423 g/mol. The van der Waals surface area contributed by atoms with Gasteiger partial charge in [-0.1, -0.05) is 31.0 Å². The van der Waals surface area contributed by atoms with Crippen molar-refractivity contribution >= 4 is 5.91 Å². The number of hydrogen-bond donors (Lipinski definition) is 1. The molecule has 4 rings (SSSR count). The lowest BCUT2D eigenvalue weighted by Gasteiger charge is -2.32. The van der Waals surface area contributed by atoms with E-state index in [-0.39, 0.29) is 11.7 Å². The molecule has 2 fully saturated rings. The van der Waals surface area contributed by atoms with Crippen LogP contribution in [-0.2, 0) is 11.2 Å². The molecule has 2 aromatic rings. The van der Waals surface area contributed by atoms with Crippen LogP contribution in [0.15, 0.2) is 48.8 Å². The van der Waals surface area contributed by atoms with Gasteiger partial charge in [-0.15, -0.1) is 0 Å². The second kappa shape index (κ2) is 10.9. The number of carbonyl (C=O) groups excluding carboxylic acids is 1. The molecule has 1 aromatic heterocycles. The van der Waals surface area contributed by atoms with Crippen LogP contribution >= 0.6 is 0 Å². The van der Waals surface area contributed by atoms with Gasteiger partial charge in [0.1, 0.15) is 5.82 Å². The first-order chi connectivity index (χ1) is 15.2. The van der Waals surface area contributed by atoms with Gasteiger partial charge in [0.15, 0.2) is 0 Å². The number of unbranched alkanes of at least 4 members (excludes halogenated alkanes) is 1. The summed E-state index contributed by atoms with van der Waals surface area (Å²) in [5.41, 5.74) is 2.44. The molecule has 0 radical (unpaired) electrons. The zero-order chi connectivity index (χ0) is 21.5. The van der Waals surface area contributed by atoms with Crippen molar-refractivity contribution in [3.63, 3.8) is 0 Å². The highest BCUT2D eigenvalue weighted by molar-refractivity contribution is 5.75. The molecule has 1 heterocycles.